The van der Waals surface area contributed by atoms with Crippen molar-refractivity contribution in [3.63, 3.8) is 0 Å². The van der Waals surface area contributed by atoms with Crippen LogP contribution in [0.1, 0.15) is 22.2 Å². The maximum Gasteiger partial charge on any atom is 0.222 e. The molecule has 0 bridgehead atoms. The molecule has 23 heavy (non-hydrogen) atoms. The highest BCUT2D eigenvalue weighted by molar-refractivity contribution is 6.34. The first-order chi connectivity index (χ1) is 11.1. The molecule has 0 aliphatic rings. The standard InChI is InChI=1S/C17H9ClN2O3/c18-14-15(21)10-5-1-2-7-13(10)23-17(14)16(22)11(9-19)12-6-3-4-8-20-12/h1-8,11H/t11-/m0/s1. The summed E-state index contributed by atoms with van der Waals surface area (Å²) in [6.07, 6.45) is 1.48. The van der Waals surface area contributed by atoms with Gasteiger partial charge in [-0.1, -0.05) is 29.8 Å². The topological polar surface area (TPSA) is 84.0 Å². The summed E-state index contributed by atoms with van der Waals surface area (Å²) in [7, 11) is 0. The zero-order valence-corrected chi connectivity index (χ0v) is 12.4. The fraction of sp³-hybridized carbons (Fsp3) is 0.0588. The summed E-state index contributed by atoms with van der Waals surface area (Å²) in [5.41, 5.74) is 0.00409. The number of halogens is 1. The Morgan fingerprint density at radius 3 is 2.65 bits per heavy atom. The average Bonchev–Trinajstić information content (AvgIpc) is 2.59. The van der Waals surface area contributed by atoms with Crippen LogP contribution in [0.3, 0.4) is 0 Å². The molecule has 0 aliphatic heterocycles. The second kappa shape index (κ2) is 6.03. The summed E-state index contributed by atoms with van der Waals surface area (Å²) in [6.45, 7) is 0. The Hall–Kier alpha value is -2.97. The van der Waals surface area contributed by atoms with Crippen molar-refractivity contribution in [3.05, 3.63) is 75.4 Å². The average molecular weight is 325 g/mol. The highest BCUT2D eigenvalue weighted by atomic mass is 35.5. The second-order valence-electron chi connectivity index (χ2n) is 4.75. The summed E-state index contributed by atoms with van der Waals surface area (Å²) in [5, 5.41) is 9.26. The fourth-order valence-electron chi connectivity index (χ4n) is 2.21. The van der Waals surface area contributed by atoms with Gasteiger partial charge in [0.2, 0.25) is 11.2 Å². The van der Waals surface area contributed by atoms with Gasteiger partial charge in [0.15, 0.2) is 11.7 Å². The molecule has 1 aromatic carbocycles. The van der Waals surface area contributed by atoms with Crippen LogP contribution in [0.4, 0.5) is 0 Å². The molecule has 2 aromatic heterocycles. The smallest absolute Gasteiger partial charge is 0.222 e. The van der Waals surface area contributed by atoms with Crippen molar-refractivity contribution in [2.24, 2.45) is 0 Å². The van der Waals surface area contributed by atoms with Crippen LogP contribution in [0.5, 0.6) is 0 Å². The summed E-state index contributed by atoms with van der Waals surface area (Å²) in [5.74, 6) is -2.22. The molecule has 0 saturated carbocycles. The zero-order chi connectivity index (χ0) is 16.4. The summed E-state index contributed by atoms with van der Waals surface area (Å²) < 4.78 is 5.48. The number of carbonyl (C=O) groups is 1. The van der Waals surface area contributed by atoms with Crippen LogP contribution in [-0.4, -0.2) is 10.8 Å². The molecule has 1 atom stereocenters. The van der Waals surface area contributed by atoms with Gasteiger partial charge in [-0.2, -0.15) is 5.26 Å². The van der Waals surface area contributed by atoms with Crippen LogP contribution >= 0.6 is 11.6 Å². The molecule has 0 N–H and O–H groups in total. The van der Waals surface area contributed by atoms with Gasteiger partial charge in [-0.15, -0.1) is 0 Å². The van der Waals surface area contributed by atoms with Crippen LogP contribution in [0.2, 0.25) is 5.02 Å². The van der Waals surface area contributed by atoms with Crippen molar-refractivity contribution in [2.45, 2.75) is 5.92 Å². The lowest BCUT2D eigenvalue weighted by molar-refractivity contribution is 0.0951. The normalized spacial score (nSPS) is 11.8. The second-order valence-corrected chi connectivity index (χ2v) is 5.13. The lowest BCUT2D eigenvalue weighted by atomic mass is 9.99. The highest BCUT2D eigenvalue weighted by Gasteiger charge is 2.28. The van der Waals surface area contributed by atoms with Gasteiger partial charge in [0, 0.05) is 6.20 Å². The maximum atomic E-state index is 12.6. The number of aromatic nitrogens is 1. The minimum absolute atomic E-state index is 0.239. The molecule has 5 nitrogen and oxygen atoms in total. The van der Waals surface area contributed by atoms with E-state index in [0.717, 1.165) is 0 Å². The number of fused-ring (bicyclic) bond motifs is 1. The van der Waals surface area contributed by atoms with Crippen molar-refractivity contribution in [1.29, 1.82) is 5.26 Å². The third kappa shape index (κ3) is 2.60. The molecular formula is C17H9ClN2O3. The van der Waals surface area contributed by atoms with E-state index < -0.39 is 17.1 Å². The third-order valence-corrected chi connectivity index (χ3v) is 3.68. The minimum atomic E-state index is -1.20. The van der Waals surface area contributed by atoms with Crippen LogP contribution < -0.4 is 5.43 Å². The number of hydrogen-bond donors (Lipinski definition) is 0. The maximum absolute atomic E-state index is 12.6. The van der Waals surface area contributed by atoms with E-state index in [-0.39, 0.29) is 27.4 Å². The molecule has 0 amide bonds. The van der Waals surface area contributed by atoms with Crippen LogP contribution in [-0.2, 0) is 0 Å². The van der Waals surface area contributed by atoms with Gasteiger partial charge in [0.25, 0.3) is 0 Å². The largest absolute Gasteiger partial charge is 0.451 e. The third-order valence-electron chi connectivity index (χ3n) is 3.34. The Kier molecular flexibility index (Phi) is 3.92. The minimum Gasteiger partial charge on any atom is -0.451 e. The number of carbonyl (C=O) groups excluding carboxylic acids is 1. The predicted octanol–water partition coefficient (Wildman–Crippen LogP) is 3.33. The number of ketones is 1. The van der Waals surface area contributed by atoms with Crippen molar-refractivity contribution in [3.8, 4) is 6.07 Å². The first-order valence-corrected chi connectivity index (χ1v) is 7.07. The molecule has 0 radical (unpaired) electrons. The van der Waals surface area contributed by atoms with Gasteiger partial charge in [0.1, 0.15) is 10.6 Å². The van der Waals surface area contributed by atoms with E-state index in [1.807, 2.05) is 6.07 Å². The number of Topliss-reactive ketones (excluding diaryl/α,β-unsaturated/α-hetero) is 1. The number of rotatable bonds is 3. The molecule has 2 heterocycles. The molecule has 0 saturated heterocycles. The van der Waals surface area contributed by atoms with Gasteiger partial charge in [-0.05, 0) is 24.3 Å². The highest BCUT2D eigenvalue weighted by Crippen LogP contribution is 2.25. The van der Waals surface area contributed by atoms with E-state index in [2.05, 4.69) is 4.98 Å². The van der Waals surface area contributed by atoms with Crippen LogP contribution in [0, 0.1) is 11.3 Å². The Bertz CT molecular complexity index is 990. The first kappa shape index (κ1) is 14.9. The van der Waals surface area contributed by atoms with Crippen LogP contribution in [0.15, 0.2) is 57.9 Å². The summed E-state index contributed by atoms with van der Waals surface area (Å²) >= 11 is 6.00. The molecule has 3 rings (SSSR count). The number of nitrogens with zero attached hydrogens (tertiary/aromatic N) is 2. The number of nitriles is 1. The molecule has 112 valence electrons. The van der Waals surface area contributed by atoms with E-state index in [0.29, 0.717) is 0 Å². The number of pyridine rings is 1. The lowest BCUT2D eigenvalue weighted by Crippen LogP contribution is -2.16. The SMILES string of the molecule is N#C[C@H](C(=O)c1oc2ccccc2c(=O)c1Cl)c1ccccn1. The van der Waals surface area contributed by atoms with E-state index >= 15 is 0 Å². The Morgan fingerprint density at radius 1 is 1.22 bits per heavy atom. The van der Waals surface area contributed by atoms with Gasteiger partial charge < -0.3 is 4.42 Å². The zero-order valence-electron chi connectivity index (χ0n) is 11.7. The van der Waals surface area contributed by atoms with Gasteiger partial charge in [-0.25, -0.2) is 0 Å². The monoisotopic (exact) mass is 324 g/mol. The summed E-state index contributed by atoms with van der Waals surface area (Å²) in [4.78, 5) is 28.9. The molecule has 0 aliphatic carbocycles. The Balaban J connectivity index is 2.16. The van der Waals surface area contributed by atoms with E-state index in [4.69, 9.17) is 16.0 Å². The Labute approximate surface area is 135 Å². The van der Waals surface area contributed by atoms with Crippen molar-refractivity contribution < 1.29 is 9.21 Å². The van der Waals surface area contributed by atoms with Gasteiger partial charge in [0.05, 0.1) is 17.1 Å². The molecular weight excluding hydrogens is 316 g/mol. The molecule has 6 heteroatoms. The first-order valence-electron chi connectivity index (χ1n) is 6.69. The van der Waals surface area contributed by atoms with Crippen LogP contribution in [0.25, 0.3) is 11.0 Å². The van der Waals surface area contributed by atoms with Crippen molar-refractivity contribution in [2.75, 3.05) is 0 Å². The molecule has 0 unspecified atom stereocenters. The molecule has 0 fully saturated rings. The lowest BCUT2D eigenvalue weighted by Gasteiger charge is -2.09. The molecule has 3 aromatic rings. The summed E-state index contributed by atoms with van der Waals surface area (Å²) in [6, 6.07) is 13.2. The molecule has 0 spiro atoms. The predicted molar refractivity (Wildman–Crippen MR) is 84.4 cm³/mol. The van der Waals surface area contributed by atoms with E-state index in [1.54, 1.807) is 42.5 Å². The Morgan fingerprint density at radius 2 is 1.96 bits per heavy atom. The van der Waals surface area contributed by atoms with Crippen molar-refractivity contribution in [1.82, 2.24) is 4.98 Å². The quantitative estimate of drug-likeness (QED) is 0.690. The fourth-order valence-corrected chi connectivity index (χ4v) is 2.45. The number of para-hydroxylation sites is 1. The van der Waals surface area contributed by atoms with E-state index in [9.17, 15) is 14.9 Å². The number of hydrogen-bond acceptors (Lipinski definition) is 5. The van der Waals surface area contributed by atoms with Gasteiger partial charge >= 0.3 is 0 Å². The van der Waals surface area contributed by atoms with Crippen molar-refractivity contribution >= 4 is 28.4 Å². The number of benzene rings is 1. The van der Waals surface area contributed by atoms with E-state index in [1.165, 1.54) is 6.20 Å². The van der Waals surface area contributed by atoms with Gasteiger partial charge in [-0.3, -0.25) is 14.6 Å².